The third-order valence-electron chi connectivity index (χ3n) is 4.76. The highest BCUT2D eigenvalue weighted by atomic mass is 32.1. The molecule has 26 heavy (non-hydrogen) atoms. The van der Waals surface area contributed by atoms with Crippen molar-refractivity contribution >= 4 is 17.2 Å². The lowest BCUT2D eigenvalue weighted by atomic mass is 10.1. The van der Waals surface area contributed by atoms with Crippen LogP contribution in [0.15, 0.2) is 48.5 Å². The third-order valence-corrected chi connectivity index (χ3v) is 5.26. The number of piperidine rings is 1. The van der Waals surface area contributed by atoms with Gasteiger partial charge in [0.1, 0.15) is 4.99 Å². The van der Waals surface area contributed by atoms with Gasteiger partial charge in [-0.15, -0.1) is 0 Å². The molecule has 1 aliphatic rings. The minimum atomic E-state index is 0.668. The number of rotatable bonds is 7. The number of nitrogens with zero attached hydrogens (tertiary/aromatic N) is 1. The van der Waals surface area contributed by atoms with Crippen molar-refractivity contribution in [2.45, 2.75) is 32.1 Å². The fourth-order valence-electron chi connectivity index (χ4n) is 3.30. The summed E-state index contributed by atoms with van der Waals surface area (Å²) in [5.74, 6) is 1.53. The van der Waals surface area contributed by atoms with E-state index in [4.69, 9.17) is 21.7 Å². The Morgan fingerprint density at radius 1 is 1.00 bits per heavy atom. The highest BCUT2D eigenvalue weighted by molar-refractivity contribution is 7.80. The number of methoxy groups -OCH3 is 1. The smallest absolute Gasteiger partial charge is 0.161 e. The standard InChI is InChI=1S/C22H27NO2S/c1-24-21-17-19(22(26)23-14-6-3-7-15-23)12-13-20(21)25-16-8-11-18-9-4-2-5-10-18/h2,4-5,9-10,12-13,17H,3,6-8,11,14-16H2,1H3. The lowest BCUT2D eigenvalue weighted by molar-refractivity contribution is 0.289. The first-order valence-corrected chi connectivity index (χ1v) is 9.83. The second-order valence-corrected chi connectivity index (χ2v) is 7.04. The maximum atomic E-state index is 5.95. The van der Waals surface area contributed by atoms with E-state index in [-0.39, 0.29) is 0 Å². The molecule has 0 N–H and O–H groups in total. The van der Waals surface area contributed by atoms with Crippen LogP contribution in [0.25, 0.3) is 0 Å². The molecule has 1 heterocycles. The summed E-state index contributed by atoms with van der Waals surface area (Å²) in [6.45, 7) is 2.78. The zero-order valence-electron chi connectivity index (χ0n) is 15.4. The molecule has 0 amide bonds. The van der Waals surface area contributed by atoms with Gasteiger partial charge < -0.3 is 14.4 Å². The maximum Gasteiger partial charge on any atom is 0.161 e. The first-order valence-electron chi connectivity index (χ1n) is 9.42. The topological polar surface area (TPSA) is 21.7 Å². The van der Waals surface area contributed by atoms with Crippen LogP contribution < -0.4 is 9.47 Å². The number of hydrogen-bond donors (Lipinski definition) is 0. The molecule has 0 saturated carbocycles. The Kier molecular flexibility index (Phi) is 6.89. The van der Waals surface area contributed by atoms with E-state index in [1.54, 1.807) is 7.11 Å². The number of aryl methyl sites for hydroxylation is 1. The SMILES string of the molecule is COc1cc(C(=S)N2CCCCC2)ccc1OCCCc1ccccc1. The van der Waals surface area contributed by atoms with Gasteiger partial charge in [-0.25, -0.2) is 0 Å². The predicted molar refractivity (Wildman–Crippen MR) is 110 cm³/mol. The van der Waals surface area contributed by atoms with Gasteiger partial charge >= 0.3 is 0 Å². The molecular weight excluding hydrogens is 342 g/mol. The fourth-order valence-corrected chi connectivity index (χ4v) is 3.61. The van der Waals surface area contributed by atoms with Crippen molar-refractivity contribution in [3.8, 4) is 11.5 Å². The molecule has 0 aliphatic carbocycles. The molecule has 0 unspecified atom stereocenters. The fraction of sp³-hybridized carbons (Fsp3) is 0.409. The number of likely N-dealkylation sites (tertiary alicyclic amines) is 1. The summed E-state index contributed by atoms with van der Waals surface area (Å²) in [4.78, 5) is 3.21. The number of ether oxygens (including phenoxy) is 2. The molecule has 1 aliphatic heterocycles. The molecule has 3 nitrogen and oxygen atoms in total. The minimum Gasteiger partial charge on any atom is -0.493 e. The van der Waals surface area contributed by atoms with Gasteiger partial charge in [-0.1, -0.05) is 42.5 Å². The molecule has 0 atom stereocenters. The molecule has 2 aromatic rings. The Balaban J connectivity index is 1.56. The van der Waals surface area contributed by atoms with Crippen molar-refractivity contribution in [3.63, 3.8) is 0 Å². The van der Waals surface area contributed by atoms with Gasteiger partial charge in [0.25, 0.3) is 0 Å². The molecule has 1 fully saturated rings. The highest BCUT2D eigenvalue weighted by Crippen LogP contribution is 2.29. The highest BCUT2D eigenvalue weighted by Gasteiger charge is 2.16. The lowest BCUT2D eigenvalue weighted by Crippen LogP contribution is -2.34. The van der Waals surface area contributed by atoms with Crippen molar-refractivity contribution in [1.82, 2.24) is 4.90 Å². The van der Waals surface area contributed by atoms with Crippen LogP contribution in [0.2, 0.25) is 0 Å². The van der Waals surface area contributed by atoms with Crippen molar-refractivity contribution in [2.75, 3.05) is 26.8 Å². The molecule has 0 spiro atoms. The lowest BCUT2D eigenvalue weighted by Gasteiger charge is -2.29. The largest absolute Gasteiger partial charge is 0.493 e. The molecule has 138 valence electrons. The molecule has 3 rings (SSSR count). The van der Waals surface area contributed by atoms with Gasteiger partial charge in [-0.3, -0.25) is 0 Å². The zero-order chi connectivity index (χ0) is 18.2. The third kappa shape index (κ3) is 4.98. The van der Waals surface area contributed by atoms with Gasteiger partial charge in [-0.2, -0.15) is 0 Å². The van der Waals surface area contributed by atoms with Gasteiger partial charge in [0, 0.05) is 18.7 Å². The second kappa shape index (κ2) is 9.58. The van der Waals surface area contributed by atoms with Crippen LogP contribution in [0.1, 0.15) is 36.8 Å². The van der Waals surface area contributed by atoms with E-state index in [9.17, 15) is 0 Å². The van der Waals surface area contributed by atoms with Gasteiger partial charge in [0.15, 0.2) is 11.5 Å². The average molecular weight is 370 g/mol. The Morgan fingerprint density at radius 2 is 1.77 bits per heavy atom. The Morgan fingerprint density at radius 3 is 2.50 bits per heavy atom. The first-order chi connectivity index (χ1) is 12.8. The molecular formula is C22H27NO2S. The van der Waals surface area contributed by atoms with E-state index in [1.807, 2.05) is 24.3 Å². The summed E-state index contributed by atoms with van der Waals surface area (Å²) < 4.78 is 11.5. The average Bonchev–Trinajstić information content (AvgIpc) is 2.72. The quantitative estimate of drug-likeness (QED) is 0.513. The zero-order valence-corrected chi connectivity index (χ0v) is 16.3. The molecule has 2 aromatic carbocycles. The van der Waals surface area contributed by atoms with E-state index < -0.39 is 0 Å². The summed E-state index contributed by atoms with van der Waals surface area (Å²) in [6, 6.07) is 16.5. The Hall–Kier alpha value is -2.07. The van der Waals surface area contributed by atoms with E-state index in [0.717, 1.165) is 48.0 Å². The van der Waals surface area contributed by atoms with Crippen LogP contribution in [0.3, 0.4) is 0 Å². The number of thiocarbonyl (C=S) groups is 1. The molecule has 1 saturated heterocycles. The summed E-state index contributed by atoms with van der Waals surface area (Å²) in [6.07, 6.45) is 5.74. The molecule has 0 radical (unpaired) electrons. The summed E-state index contributed by atoms with van der Waals surface area (Å²) in [7, 11) is 1.68. The van der Waals surface area contributed by atoms with Crippen molar-refractivity contribution in [3.05, 3.63) is 59.7 Å². The first kappa shape index (κ1) is 18.7. The Bertz CT molecular complexity index is 711. The molecule has 0 bridgehead atoms. The monoisotopic (exact) mass is 369 g/mol. The molecule has 4 heteroatoms. The van der Waals surface area contributed by atoms with Gasteiger partial charge in [-0.05, 0) is 55.9 Å². The maximum absolute atomic E-state index is 5.95. The van der Waals surface area contributed by atoms with E-state index in [1.165, 1.54) is 24.8 Å². The minimum absolute atomic E-state index is 0.668. The van der Waals surface area contributed by atoms with E-state index >= 15 is 0 Å². The Labute approximate surface area is 161 Å². The van der Waals surface area contributed by atoms with Crippen LogP contribution in [-0.2, 0) is 6.42 Å². The molecule has 0 aromatic heterocycles. The summed E-state index contributed by atoms with van der Waals surface area (Å²) >= 11 is 5.68. The summed E-state index contributed by atoms with van der Waals surface area (Å²) in [5.41, 5.74) is 2.38. The van der Waals surface area contributed by atoms with Crippen molar-refractivity contribution in [1.29, 1.82) is 0 Å². The van der Waals surface area contributed by atoms with Crippen molar-refractivity contribution < 1.29 is 9.47 Å². The van der Waals surface area contributed by atoms with Crippen LogP contribution in [0, 0.1) is 0 Å². The van der Waals surface area contributed by atoms with Crippen molar-refractivity contribution in [2.24, 2.45) is 0 Å². The number of hydrogen-bond acceptors (Lipinski definition) is 3. The van der Waals surface area contributed by atoms with Crippen LogP contribution in [-0.4, -0.2) is 36.7 Å². The number of benzene rings is 2. The van der Waals surface area contributed by atoms with Crippen LogP contribution in [0.5, 0.6) is 11.5 Å². The predicted octanol–water partition coefficient (Wildman–Crippen LogP) is 4.87. The normalized spacial score (nSPS) is 14.1. The van der Waals surface area contributed by atoms with E-state index in [0.29, 0.717) is 6.61 Å². The van der Waals surface area contributed by atoms with Gasteiger partial charge in [0.2, 0.25) is 0 Å². The van der Waals surface area contributed by atoms with Crippen LogP contribution in [0.4, 0.5) is 0 Å². The van der Waals surface area contributed by atoms with Gasteiger partial charge in [0.05, 0.1) is 13.7 Å². The van der Waals surface area contributed by atoms with Crippen LogP contribution >= 0.6 is 12.2 Å². The second-order valence-electron chi connectivity index (χ2n) is 6.66. The summed E-state index contributed by atoms with van der Waals surface area (Å²) in [5, 5.41) is 0. The van der Waals surface area contributed by atoms with E-state index in [2.05, 4.69) is 29.2 Å².